The highest BCUT2D eigenvalue weighted by atomic mass is 32.2. The van der Waals surface area contributed by atoms with Crippen molar-refractivity contribution in [2.45, 2.75) is 32.3 Å². The molecule has 1 aliphatic rings. The van der Waals surface area contributed by atoms with E-state index in [0.717, 1.165) is 12.8 Å². The summed E-state index contributed by atoms with van der Waals surface area (Å²) in [5.41, 5.74) is -1.01. The number of hydrogen-bond acceptors (Lipinski definition) is 4. The standard InChI is InChI=1S/C11H24N2O3S2/c1-10-5-4-6-13(7-10)18(15,16)12-8-11(2,14)9-17-3/h10,12,14H,4-9H2,1-3H3. The molecule has 108 valence electrons. The Bertz CT molecular complexity index is 357. The summed E-state index contributed by atoms with van der Waals surface area (Å²) in [7, 11) is -3.45. The molecular weight excluding hydrogens is 272 g/mol. The van der Waals surface area contributed by atoms with Crippen LogP contribution in [0.15, 0.2) is 0 Å². The smallest absolute Gasteiger partial charge is 0.279 e. The summed E-state index contributed by atoms with van der Waals surface area (Å²) in [6, 6.07) is 0. The van der Waals surface area contributed by atoms with Gasteiger partial charge in [-0.2, -0.15) is 29.2 Å². The molecule has 0 bridgehead atoms. The molecule has 1 fully saturated rings. The molecule has 7 heteroatoms. The molecule has 1 heterocycles. The van der Waals surface area contributed by atoms with Crippen LogP contribution in [0.25, 0.3) is 0 Å². The van der Waals surface area contributed by atoms with Crippen molar-refractivity contribution in [3.05, 3.63) is 0 Å². The summed E-state index contributed by atoms with van der Waals surface area (Å²) < 4.78 is 28.1. The molecule has 0 radical (unpaired) electrons. The molecule has 18 heavy (non-hydrogen) atoms. The second-order valence-electron chi connectivity index (χ2n) is 5.36. The van der Waals surface area contributed by atoms with Crippen LogP contribution in [0.3, 0.4) is 0 Å². The van der Waals surface area contributed by atoms with Gasteiger partial charge in [0, 0.05) is 25.4 Å². The number of nitrogens with zero attached hydrogens (tertiary/aromatic N) is 1. The SMILES string of the molecule is CSCC(C)(O)CNS(=O)(=O)N1CCCC(C)C1. The van der Waals surface area contributed by atoms with Crippen molar-refractivity contribution in [1.29, 1.82) is 0 Å². The van der Waals surface area contributed by atoms with Crippen molar-refractivity contribution >= 4 is 22.0 Å². The summed E-state index contributed by atoms with van der Waals surface area (Å²) in [5.74, 6) is 0.911. The summed E-state index contributed by atoms with van der Waals surface area (Å²) in [4.78, 5) is 0. The van der Waals surface area contributed by atoms with Gasteiger partial charge in [0.15, 0.2) is 0 Å². The van der Waals surface area contributed by atoms with Crippen LogP contribution in [0.5, 0.6) is 0 Å². The topological polar surface area (TPSA) is 69.6 Å². The lowest BCUT2D eigenvalue weighted by Gasteiger charge is -2.31. The van der Waals surface area contributed by atoms with Crippen LogP contribution in [-0.4, -0.2) is 55.1 Å². The molecule has 0 aromatic heterocycles. The third kappa shape index (κ3) is 5.05. The van der Waals surface area contributed by atoms with Gasteiger partial charge in [-0.25, -0.2) is 0 Å². The van der Waals surface area contributed by atoms with Crippen molar-refractivity contribution < 1.29 is 13.5 Å². The van der Waals surface area contributed by atoms with Crippen LogP contribution in [-0.2, 0) is 10.2 Å². The predicted octanol–water partition coefficient (Wildman–Crippen LogP) is 0.667. The Morgan fingerprint density at radius 1 is 1.56 bits per heavy atom. The highest BCUT2D eigenvalue weighted by Crippen LogP contribution is 2.18. The second kappa shape index (κ2) is 6.56. The molecule has 0 amide bonds. The molecule has 2 unspecified atom stereocenters. The van der Waals surface area contributed by atoms with Gasteiger partial charge in [-0.15, -0.1) is 0 Å². The average Bonchev–Trinajstić information content (AvgIpc) is 2.27. The van der Waals surface area contributed by atoms with Crippen LogP contribution in [0.4, 0.5) is 0 Å². The van der Waals surface area contributed by atoms with E-state index in [1.54, 1.807) is 6.92 Å². The van der Waals surface area contributed by atoms with Gasteiger partial charge >= 0.3 is 0 Å². The van der Waals surface area contributed by atoms with Crippen LogP contribution in [0.1, 0.15) is 26.7 Å². The molecule has 0 saturated carbocycles. The monoisotopic (exact) mass is 296 g/mol. The maximum absolute atomic E-state index is 12.1. The highest BCUT2D eigenvalue weighted by Gasteiger charge is 2.29. The minimum absolute atomic E-state index is 0.0566. The summed E-state index contributed by atoms with van der Waals surface area (Å²) in [6.45, 7) is 4.90. The lowest BCUT2D eigenvalue weighted by Crippen LogP contribution is -2.50. The van der Waals surface area contributed by atoms with E-state index in [1.807, 2.05) is 6.26 Å². The minimum Gasteiger partial charge on any atom is -0.388 e. The average molecular weight is 296 g/mol. The van der Waals surface area contributed by atoms with Crippen molar-refractivity contribution in [2.75, 3.05) is 31.6 Å². The Hall–Kier alpha value is 0.180. The minimum atomic E-state index is -3.45. The van der Waals surface area contributed by atoms with Crippen molar-refractivity contribution in [2.24, 2.45) is 5.92 Å². The molecular formula is C11H24N2O3S2. The van der Waals surface area contributed by atoms with Gasteiger partial charge in [0.2, 0.25) is 0 Å². The van der Waals surface area contributed by atoms with E-state index in [1.165, 1.54) is 16.1 Å². The molecule has 5 nitrogen and oxygen atoms in total. The van der Waals surface area contributed by atoms with Gasteiger partial charge in [-0.3, -0.25) is 0 Å². The Morgan fingerprint density at radius 3 is 2.78 bits per heavy atom. The maximum Gasteiger partial charge on any atom is 0.279 e. The third-order valence-corrected chi connectivity index (χ3v) is 5.48. The quantitative estimate of drug-likeness (QED) is 0.756. The third-order valence-electron chi connectivity index (χ3n) is 3.05. The fourth-order valence-electron chi connectivity index (χ4n) is 2.06. The van der Waals surface area contributed by atoms with Gasteiger partial charge in [0.25, 0.3) is 10.2 Å². The first-order valence-corrected chi connectivity index (χ1v) is 9.06. The van der Waals surface area contributed by atoms with E-state index in [0.29, 0.717) is 24.8 Å². The van der Waals surface area contributed by atoms with Crippen LogP contribution in [0.2, 0.25) is 0 Å². The largest absolute Gasteiger partial charge is 0.388 e. The Balaban J connectivity index is 2.54. The first-order chi connectivity index (χ1) is 8.27. The molecule has 0 aromatic rings. The van der Waals surface area contributed by atoms with E-state index >= 15 is 0 Å². The Morgan fingerprint density at radius 2 is 2.22 bits per heavy atom. The van der Waals surface area contributed by atoms with Crippen molar-refractivity contribution in [3.63, 3.8) is 0 Å². The Labute approximate surface area is 115 Å². The molecule has 0 aliphatic carbocycles. The number of thioether (sulfide) groups is 1. The molecule has 2 N–H and O–H groups in total. The zero-order valence-electron chi connectivity index (χ0n) is 11.3. The van der Waals surface area contributed by atoms with Crippen molar-refractivity contribution in [1.82, 2.24) is 9.03 Å². The Kier molecular flexibility index (Phi) is 5.92. The van der Waals surface area contributed by atoms with Crippen molar-refractivity contribution in [3.8, 4) is 0 Å². The summed E-state index contributed by atoms with van der Waals surface area (Å²) in [6.07, 6.45) is 3.87. The molecule has 1 rings (SSSR count). The fraction of sp³-hybridized carbons (Fsp3) is 1.00. The van der Waals surface area contributed by atoms with Gasteiger partial charge in [0.1, 0.15) is 0 Å². The molecule has 1 aliphatic heterocycles. The van der Waals surface area contributed by atoms with E-state index in [4.69, 9.17) is 0 Å². The van der Waals surface area contributed by atoms with E-state index in [-0.39, 0.29) is 6.54 Å². The van der Waals surface area contributed by atoms with Gasteiger partial charge in [-0.1, -0.05) is 6.92 Å². The normalized spacial score (nSPS) is 25.9. The molecule has 0 aromatic carbocycles. The van der Waals surface area contributed by atoms with E-state index < -0.39 is 15.8 Å². The fourth-order valence-corrected chi connectivity index (χ4v) is 4.28. The molecule has 1 saturated heterocycles. The number of hydrogen-bond donors (Lipinski definition) is 2. The summed E-state index contributed by atoms with van der Waals surface area (Å²) >= 11 is 1.50. The van der Waals surface area contributed by atoms with Crippen LogP contribution < -0.4 is 4.72 Å². The number of piperidine rings is 1. The zero-order chi connectivity index (χ0) is 13.8. The number of nitrogens with one attached hydrogen (secondary N) is 1. The first-order valence-electron chi connectivity index (χ1n) is 6.23. The summed E-state index contributed by atoms with van der Waals surface area (Å²) in [5, 5.41) is 9.96. The van der Waals surface area contributed by atoms with Gasteiger partial charge in [-0.05, 0) is 31.9 Å². The lowest BCUT2D eigenvalue weighted by atomic mass is 10.0. The van der Waals surface area contributed by atoms with E-state index in [2.05, 4.69) is 11.6 Å². The number of rotatable bonds is 6. The molecule has 0 spiro atoms. The lowest BCUT2D eigenvalue weighted by molar-refractivity contribution is 0.0901. The maximum atomic E-state index is 12.1. The number of aliphatic hydroxyl groups is 1. The highest BCUT2D eigenvalue weighted by molar-refractivity contribution is 7.98. The zero-order valence-corrected chi connectivity index (χ0v) is 13.0. The predicted molar refractivity (Wildman–Crippen MR) is 75.9 cm³/mol. The van der Waals surface area contributed by atoms with Gasteiger partial charge in [0.05, 0.1) is 5.60 Å². The van der Waals surface area contributed by atoms with Crippen LogP contribution >= 0.6 is 11.8 Å². The van der Waals surface area contributed by atoms with Gasteiger partial charge < -0.3 is 5.11 Å². The van der Waals surface area contributed by atoms with Crippen LogP contribution in [0, 0.1) is 5.92 Å². The van der Waals surface area contributed by atoms with E-state index in [9.17, 15) is 13.5 Å². The first kappa shape index (κ1) is 16.2. The molecule has 2 atom stereocenters. The second-order valence-corrected chi connectivity index (χ2v) is 7.98.